The van der Waals surface area contributed by atoms with Crippen molar-refractivity contribution >= 4 is 5.91 Å². The molecule has 1 saturated carbocycles. The van der Waals surface area contributed by atoms with E-state index in [0.29, 0.717) is 6.04 Å². The minimum atomic E-state index is -0.519. The molecule has 0 spiro atoms. The number of hydrogen-bond acceptors (Lipinski definition) is 3. The summed E-state index contributed by atoms with van der Waals surface area (Å²) in [6.45, 7) is 0.0995. The summed E-state index contributed by atoms with van der Waals surface area (Å²) < 4.78 is 0. The van der Waals surface area contributed by atoms with Crippen LogP contribution in [0.1, 0.15) is 25.7 Å². The van der Waals surface area contributed by atoms with Gasteiger partial charge in [-0.1, -0.05) is 18.0 Å². The lowest BCUT2D eigenvalue weighted by Gasteiger charge is -2.18. The Hall–Kier alpha value is -1.26. The molecular formula is C8H15N5O. The maximum Gasteiger partial charge on any atom is 0.234 e. The van der Waals surface area contributed by atoms with Crippen molar-refractivity contribution in [3.05, 3.63) is 10.4 Å². The van der Waals surface area contributed by atoms with Crippen LogP contribution in [0.2, 0.25) is 0 Å². The minimum absolute atomic E-state index is 0.0995. The molecule has 3 N–H and O–H groups in total. The fourth-order valence-electron chi connectivity index (χ4n) is 1.72. The van der Waals surface area contributed by atoms with Crippen LogP contribution >= 0.6 is 0 Å². The Kier molecular flexibility index (Phi) is 4.22. The van der Waals surface area contributed by atoms with E-state index in [1.54, 1.807) is 0 Å². The number of carbonyl (C=O) groups is 1. The van der Waals surface area contributed by atoms with Crippen molar-refractivity contribution in [1.82, 2.24) is 5.32 Å². The van der Waals surface area contributed by atoms with Crippen molar-refractivity contribution in [3.8, 4) is 0 Å². The van der Waals surface area contributed by atoms with E-state index in [1.165, 1.54) is 12.8 Å². The molecule has 6 heteroatoms. The Labute approximate surface area is 82.5 Å². The van der Waals surface area contributed by atoms with Gasteiger partial charge in [-0.05, 0) is 18.4 Å². The molecule has 1 fully saturated rings. The first-order chi connectivity index (χ1) is 6.74. The van der Waals surface area contributed by atoms with E-state index in [2.05, 4.69) is 15.3 Å². The Balaban J connectivity index is 2.41. The molecule has 0 radical (unpaired) electrons. The van der Waals surface area contributed by atoms with Crippen LogP contribution in [0.4, 0.5) is 0 Å². The van der Waals surface area contributed by atoms with Crippen molar-refractivity contribution in [1.29, 1.82) is 0 Å². The van der Waals surface area contributed by atoms with E-state index in [1.807, 2.05) is 0 Å². The van der Waals surface area contributed by atoms with Crippen LogP contribution < -0.4 is 11.1 Å². The van der Waals surface area contributed by atoms with Crippen LogP contribution in [0.25, 0.3) is 10.4 Å². The largest absolute Gasteiger partial charge is 0.368 e. The quantitative estimate of drug-likeness (QED) is 0.384. The van der Waals surface area contributed by atoms with Crippen molar-refractivity contribution in [2.24, 2.45) is 10.8 Å². The van der Waals surface area contributed by atoms with Gasteiger partial charge >= 0.3 is 0 Å². The standard InChI is InChI=1S/C8H15N5O/c9-8(14)7(5-11-13-10)12-6-3-1-2-4-6/h6-7,12H,1-5H2,(H2,9,14). The first-order valence-corrected chi connectivity index (χ1v) is 4.80. The molecule has 1 unspecified atom stereocenters. The molecule has 0 aromatic carbocycles. The van der Waals surface area contributed by atoms with Crippen LogP contribution in [-0.2, 0) is 4.79 Å². The zero-order chi connectivity index (χ0) is 10.4. The molecule has 1 aliphatic rings. The second kappa shape index (κ2) is 5.47. The highest BCUT2D eigenvalue weighted by Gasteiger charge is 2.21. The number of nitrogens with zero attached hydrogens (tertiary/aromatic N) is 3. The van der Waals surface area contributed by atoms with Gasteiger partial charge in [0, 0.05) is 11.0 Å². The highest BCUT2D eigenvalue weighted by atomic mass is 16.1. The number of amides is 1. The van der Waals surface area contributed by atoms with Gasteiger partial charge in [0.2, 0.25) is 5.91 Å². The summed E-state index contributed by atoms with van der Waals surface area (Å²) in [7, 11) is 0. The summed E-state index contributed by atoms with van der Waals surface area (Å²) >= 11 is 0. The summed E-state index contributed by atoms with van der Waals surface area (Å²) in [5.74, 6) is -0.454. The topological polar surface area (TPSA) is 104 Å². The average Bonchev–Trinajstić information content (AvgIpc) is 2.64. The predicted octanol–water partition coefficient (Wildman–Crippen LogP) is 0.683. The van der Waals surface area contributed by atoms with Gasteiger partial charge in [-0.25, -0.2) is 0 Å². The van der Waals surface area contributed by atoms with Crippen LogP contribution in [-0.4, -0.2) is 24.5 Å². The third-order valence-corrected chi connectivity index (χ3v) is 2.46. The summed E-state index contributed by atoms with van der Waals surface area (Å²) in [6, 6.07) is -0.171. The van der Waals surface area contributed by atoms with Gasteiger partial charge in [0.25, 0.3) is 0 Å². The Bertz CT molecular complexity index is 242. The van der Waals surface area contributed by atoms with Gasteiger partial charge in [0.05, 0.1) is 12.6 Å². The zero-order valence-corrected chi connectivity index (χ0v) is 8.02. The van der Waals surface area contributed by atoms with E-state index in [0.717, 1.165) is 12.8 Å². The van der Waals surface area contributed by atoms with Crippen LogP contribution in [0, 0.1) is 0 Å². The van der Waals surface area contributed by atoms with E-state index in [-0.39, 0.29) is 6.54 Å². The third-order valence-electron chi connectivity index (χ3n) is 2.46. The molecule has 1 amide bonds. The molecule has 0 bridgehead atoms. The molecule has 0 aromatic rings. The third kappa shape index (κ3) is 3.24. The molecule has 1 rings (SSSR count). The summed E-state index contributed by atoms with van der Waals surface area (Å²) in [5.41, 5.74) is 13.3. The minimum Gasteiger partial charge on any atom is -0.368 e. The molecular weight excluding hydrogens is 182 g/mol. The number of azide groups is 1. The van der Waals surface area contributed by atoms with Crippen LogP contribution in [0.15, 0.2) is 5.11 Å². The lowest BCUT2D eigenvalue weighted by Crippen LogP contribution is -2.47. The zero-order valence-electron chi connectivity index (χ0n) is 8.02. The first kappa shape index (κ1) is 10.8. The Morgan fingerprint density at radius 3 is 2.79 bits per heavy atom. The lowest BCUT2D eigenvalue weighted by molar-refractivity contribution is -0.120. The van der Waals surface area contributed by atoms with E-state index in [9.17, 15) is 4.79 Å². The van der Waals surface area contributed by atoms with Gasteiger partial charge in [-0.15, -0.1) is 0 Å². The molecule has 0 aliphatic heterocycles. The van der Waals surface area contributed by atoms with Crippen molar-refractivity contribution in [3.63, 3.8) is 0 Å². The molecule has 0 aromatic heterocycles. The average molecular weight is 197 g/mol. The number of rotatable bonds is 5. The maximum absolute atomic E-state index is 11.0. The fraction of sp³-hybridized carbons (Fsp3) is 0.875. The highest BCUT2D eigenvalue weighted by molar-refractivity contribution is 5.80. The van der Waals surface area contributed by atoms with Gasteiger partial charge in [-0.2, -0.15) is 0 Å². The summed E-state index contributed by atoms with van der Waals surface area (Å²) in [6.07, 6.45) is 4.51. The number of nitrogens with one attached hydrogen (secondary N) is 1. The SMILES string of the molecule is [N-]=[N+]=NCC(NC1CCCC1)C(N)=O. The predicted molar refractivity (Wildman–Crippen MR) is 52.4 cm³/mol. The second-order valence-electron chi connectivity index (χ2n) is 3.52. The molecule has 1 atom stereocenters. The van der Waals surface area contributed by atoms with Crippen molar-refractivity contribution in [2.75, 3.05) is 6.54 Å². The molecule has 78 valence electrons. The fourth-order valence-corrected chi connectivity index (χ4v) is 1.72. The van der Waals surface area contributed by atoms with Gasteiger partial charge in [0.1, 0.15) is 0 Å². The van der Waals surface area contributed by atoms with Crippen molar-refractivity contribution in [2.45, 2.75) is 37.8 Å². The van der Waals surface area contributed by atoms with Crippen LogP contribution in [0.3, 0.4) is 0 Å². The smallest absolute Gasteiger partial charge is 0.234 e. The maximum atomic E-state index is 11.0. The Morgan fingerprint density at radius 2 is 2.29 bits per heavy atom. The summed E-state index contributed by atoms with van der Waals surface area (Å²) in [4.78, 5) is 13.6. The molecule has 1 aliphatic carbocycles. The molecule has 0 heterocycles. The molecule has 0 saturated heterocycles. The number of primary amides is 1. The van der Waals surface area contributed by atoms with Crippen molar-refractivity contribution < 1.29 is 4.79 Å². The number of hydrogen-bond donors (Lipinski definition) is 2. The summed E-state index contributed by atoms with van der Waals surface area (Å²) in [5, 5.41) is 6.46. The number of nitrogens with two attached hydrogens (primary N) is 1. The van der Waals surface area contributed by atoms with Gasteiger partial charge in [-0.3, -0.25) is 4.79 Å². The van der Waals surface area contributed by atoms with E-state index < -0.39 is 11.9 Å². The normalized spacial score (nSPS) is 18.9. The van der Waals surface area contributed by atoms with E-state index in [4.69, 9.17) is 11.3 Å². The highest BCUT2D eigenvalue weighted by Crippen LogP contribution is 2.18. The second-order valence-corrected chi connectivity index (χ2v) is 3.52. The van der Waals surface area contributed by atoms with Gasteiger partial charge < -0.3 is 11.1 Å². The first-order valence-electron chi connectivity index (χ1n) is 4.80. The Morgan fingerprint density at radius 1 is 1.64 bits per heavy atom. The lowest BCUT2D eigenvalue weighted by atomic mass is 10.2. The molecule has 14 heavy (non-hydrogen) atoms. The number of carbonyl (C=O) groups excluding carboxylic acids is 1. The van der Waals surface area contributed by atoms with Gasteiger partial charge in [0.15, 0.2) is 0 Å². The molecule has 6 nitrogen and oxygen atoms in total. The van der Waals surface area contributed by atoms with Crippen LogP contribution in [0.5, 0.6) is 0 Å². The monoisotopic (exact) mass is 197 g/mol. The van der Waals surface area contributed by atoms with E-state index >= 15 is 0 Å².